The number of hydrogen-bond acceptors (Lipinski definition) is 4. The smallest absolute Gasteiger partial charge is 0.309 e. The summed E-state index contributed by atoms with van der Waals surface area (Å²) < 4.78 is 49.3. The van der Waals surface area contributed by atoms with Crippen LogP contribution in [0.3, 0.4) is 0 Å². The van der Waals surface area contributed by atoms with Gasteiger partial charge in [-0.15, -0.1) is 0 Å². The highest BCUT2D eigenvalue weighted by Crippen LogP contribution is 2.45. The van der Waals surface area contributed by atoms with Crippen LogP contribution >= 0.6 is 0 Å². The van der Waals surface area contributed by atoms with Crippen molar-refractivity contribution in [2.45, 2.75) is 6.18 Å². The molecule has 0 radical (unpaired) electrons. The summed E-state index contributed by atoms with van der Waals surface area (Å²) in [5.41, 5.74) is 6.46. The maximum atomic E-state index is 15.2. The zero-order valence-electron chi connectivity index (χ0n) is 33.3. The number of benzene rings is 8. The van der Waals surface area contributed by atoms with Gasteiger partial charge in [-0.3, -0.25) is 0 Å². The fourth-order valence-corrected chi connectivity index (χ4v) is 8.92. The van der Waals surface area contributed by atoms with Crippen LogP contribution in [0, 0.1) is 51.9 Å². The highest BCUT2D eigenvalue weighted by atomic mass is 19.4. The number of nitrogens with zero attached hydrogens (tertiary/aromatic N) is 7. The second-order valence-corrected chi connectivity index (χ2v) is 15.1. The molecule has 0 N–H and O–H groups in total. The third kappa shape index (κ3) is 6.09. The highest BCUT2D eigenvalue weighted by molar-refractivity contribution is 6.12. The Kier molecular flexibility index (Phi) is 9.06. The van der Waals surface area contributed by atoms with Gasteiger partial charge < -0.3 is 9.13 Å². The first-order valence-electron chi connectivity index (χ1n) is 19.8. The molecule has 0 bridgehead atoms. The maximum absolute atomic E-state index is 15.2. The molecule has 10 heteroatoms. The topological polar surface area (TPSA) is 109 Å². The Morgan fingerprint density at radius 3 is 1.55 bits per heavy atom. The molecule has 0 aliphatic carbocycles. The minimum atomic E-state index is -4.75. The predicted octanol–water partition coefficient (Wildman–Crippen LogP) is 13.9. The van der Waals surface area contributed by atoms with Crippen LogP contribution in [0.5, 0.6) is 0 Å². The van der Waals surface area contributed by atoms with Crippen molar-refractivity contribution in [1.29, 1.82) is 21.0 Å². The quantitative estimate of drug-likeness (QED) is 0.161. The first kappa shape index (κ1) is 38.8. The van der Waals surface area contributed by atoms with Crippen molar-refractivity contribution in [1.82, 2.24) is 9.13 Å². The van der Waals surface area contributed by atoms with Gasteiger partial charge in [-0.25, -0.2) is 4.85 Å². The lowest BCUT2D eigenvalue weighted by Gasteiger charge is -2.21. The second-order valence-electron chi connectivity index (χ2n) is 15.1. The largest absolute Gasteiger partial charge is 0.417 e. The van der Waals surface area contributed by atoms with Crippen molar-refractivity contribution in [2.75, 3.05) is 0 Å². The molecule has 10 aromatic rings. The fraction of sp³-hybridized carbons (Fsp3) is 0.0185. The standard InChI is InChI=1S/C54H26F3N7/c1-62-38-17-21-40(36(23-38)30-60)34-16-20-45-43-10-4-7-13-49(43)64(52(45)25-34)53-26-37(31-61)50(27-46(53)41-8-2-5-11-47(41)54(55,56)57)63-48-12-6-3-9-42(48)44-19-15-33(24-51(44)63)39-18-14-32(28-58)22-35(39)29-59/h2-27H. The Hall–Kier alpha value is -9.40. The zero-order chi connectivity index (χ0) is 44.3. The van der Waals surface area contributed by atoms with Crippen LogP contribution in [0.15, 0.2) is 158 Å². The zero-order valence-corrected chi connectivity index (χ0v) is 33.3. The summed E-state index contributed by atoms with van der Waals surface area (Å²) in [4.78, 5) is 3.48. The summed E-state index contributed by atoms with van der Waals surface area (Å²) >= 11 is 0. The van der Waals surface area contributed by atoms with E-state index in [1.54, 1.807) is 42.5 Å². The van der Waals surface area contributed by atoms with Crippen molar-refractivity contribution in [3.05, 3.63) is 197 Å². The van der Waals surface area contributed by atoms with Crippen LogP contribution in [-0.4, -0.2) is 9.13 Å². The van der Waals surface area contributed by atoms with E-state index in [4.69, 9.17) is 6.57 Å². The Bertz CT molecular complexity index is 3850. The lowest BCUT2D eigenvalue weighted by molar-refractivity contribution is -0.137. The monoisotopic (exact) mass is 829 g/mol. The molecule has 2 heterocycles. The number of alkyl halides is 3. The number of fused-ring (bicyclic) bond motifs is 6. The van der Waals surface area contributed by atoms with Gasteiger partial charge in [-0.2, -0.15) is 34.2 Å². The minimum Gasteiger partial charge on any atom is -0.309 e. The molecule has 0 atom stereocenters. The molecule has 0 spiro atoms. The number of para-hydroxylation sites is 2. The predicted molar refractivity (Wildman–Crippen MR) is 242 cm³/mol. The van der Waals surface area contributed by atoms with Crippen molar-refractivity contribution >= 4 is 49.3 Å². The molecule has 0 amide bonds. The second kappa shape index (κ2) is 14.9. The van der Waals surface area contributed by atoms with Gasteiger partial charge in [0.15, 0.2) is 5.69 Å². The highest BCUT2D eigenvalue weighted by Gasteiger charge is 2.35. The molecule has 298 valence electrons. The molecule has 0 aliphatic heterocycles. The van der Waals surface area contributed by atoms with Gasteiger partial charge in [0.05, 0.1) is 80.5 Å². The van der Waals surface area contributed by atoms with Crippen LogP contribution in [0.1, 0.15) is 27.8 Å². The fourth-order valence-electron chi connectivity index (χ4n) is 8.92. The Labute approximate surface area is 363 Å². The van der Waals surface area contributed by atoms with Crippen LogP contribution in [0.4, 0.5) is 18.9 Å². The Morgan fingerprint density at radius 2 is 0.969 bits per heavy atom. The van der Waals surface area contributed by atoms with Gasteiger partial charge >= 0.3 is 6.18 Å². The van der Waals surface area contributed by atoms with E-state index in [1.165, 1.54) is 24.3 Å². The van der Waals surface area contributed by atoms with Gasteiger partial charge in [0.1, 0.15) is 6.07 Å². The van der Waals surface area contributed by atoms with Gasteiger partial charge in [0, 0.05) is 32.7 Å². The lowest BCUT2D eigenvalue weighted by Crippen LogP contribution is -2.09. The number of aromatic nitrogens is 2. The van der Waals surface area contributed by atoms with Crippen LogP contribution < -0.4 is 0 Å². The van der Waals surface area contributed by atoms with Crippen molar-refractivity contribution in [2.24, 2.45) is 0 Å². The summed E-state index contributed by atoms with van der Waals surface area (Å²) in [6.45, 7) is 7.47. The number of halogens is 3. The molecule has 0 fully saturated rings. The summed E-state index contributed by atoms with van der Waals surface area (Å²) in [7, 11) is 0. The number of nitriles is 4. The summed E-state index contributed by atoms with van der Waals surface area (Å²) in [5.74, 6) is 0. The molecule has 0 saturated carbocycles. The van der Waals surface area contributed by atoms with E-state index in [1.807, 2.05) is 94.1 Å². The molecule has 64 heavy (non-hydrogen) atoms. The third-order valence-electron chi connectivity index (χ3n) is 11.7. The third-order valence-corrected chi connectivity index (χ3v) is 11.7. The molecule has 7 nitrogen and oxygen atoms in total. The average Bonchev–Trinajstić information content (AvgIpc) is 3.84. The van der Waals surface area contributed by atoms with Crippen LogP contribution in [0.2, 0.25) is 0 Å². The Balaban J connectivity index is 1.32. The summed E-state index contributed by atoms with van der Waals surface area (Å²) in [6.07, 6.45) is -4.75. The Morgan fingerprint density at radius 1 is 0.438 bits per heavy atom. The van der Waals surface area contributed by atoms with Crippen molar-refractivity contribution in [3.63, 3.8) is 0 Å². The number of rotatable bonds is 5. The van der Waals surface area contributed by atoms with E-state index >= 15 is 13.2 Å². The molecular formula is C54H26F3N7. The van der Waals surface area contributed by atoms with E-state index in [2.05, 4.69) is 29.1 Å². The van der Waals surface area contributed by atoms with Gasteiger partial charge in [-0.05, 0) is 88.5 Å². The van der Waals surface area contributed by atoms with Gasteiger partial charge in [0.2, 0.25) is 0 Å². The molecule has 2 aromatic heterocycles. The van der Waals surface area contributed by atoms with Crippen molar-refractivity contribution < 1.29 is 13.2 Å². The first-order chi connectivity index (χ1) is 31.1. The SMILES string of the molecule is [C-]#[N+]c1ccc(-c2ccc3c4ccccc4n(-c4cc(C#N)c(-n5c6ccccc6c6ccc(-c7ccc(C#N)cc7C#N)cc65)cc4-c4ccccc4C(F)(F)F)c3c2)c(C#N)c1. The van der Waals surface area contributed by atoms with E-state index in [9.17, 15) is 21.0 Å². The molecule has 10 rings (SSSR count). The van der Waals surface area contributed by atoms with E-state index in [0.29, 0.717) is 78.1 Å². The van der Waals surface area contributed by atoms with Crippen molar-refractivity contribution in [3.8, 4) is 69.0 Å². The molecule has 8 aromatic carbocycles. The van der Waals surface area contributed by atoms with E-state index in [0.717, 1.165) is 27.6 Å². The van der Waals surface area contributed by atoms with Gasteiger partial charge in [-0.1, -0.05) is 97.1 Å². The summed E-state index contributed by atoms with van der Waals surface area (Å²) in [6, 6.07) is 53.8. The normalized spacial score (nSPS) is 11.3. The minimum absolute atomic E-state index is 0.1000. The van der Waals surface area contributed by atoms with Crippen LogP contribution in [0.25, 0.3) is 93.2 Å². The lowest BCUT2D eigenvalue weighted by atomic mass is 9.94. The van der Waals surface area contributed by atoms with Crippen LogP contribution in [-0.2, 0) is 6.18 Å². The van der Waals surface area contributed by atoms with E-state index in [-0.39, 0.29) is 16.7 Å². The van der Waals surface area contributed by atoms with Gasteiger partial charge in [0.25, 0.3) is 0 Å². The number of hydrogen-bond donors (Lipinski definition) is 0. The molecular weight excluding hydrogens is 804 g/mol. The first-order valence-corrected chi connectivity index (χ1v) is 19.8. The molecule has 0 aliphatic rings. The van der Waals surface area contributed by atoms with E-state index < -0.39 is 11.7 Å². The maximum Gasteiger partial charge on any atom is 0.417 e. The molecule has 0 saturated heterocycles. The average molecular weight is 830 g/mol. The summed E-state index contributed by atoms with van der Waals surface area (Å²) in [5, 5.41) is 44.1. The molecule has 0 unspecified atom stereocenters.